The Labute approximate surface area is 106 Å². The number of carbonyl (C=O) groups is 1. The minimum absolute atomic E-state index is 0.154. The highest BCUT2D eigenvalue weighted by atomic mass is 16.2. The molecule has 5 nitrogen and oxygen atoms in total. The second-order valence-corrected chi connectivity index (χ2v) is 4.77. The molecule has 0 spiro atoms. The molecular weight excluding hydrogens is 230 g/mol. The molecule has 1 atom stereocenters. The van der Waals surface area contributed by atoms with Crippen LogP contribution in [0.25, 0.3) is 0 Å². The van der Waals surface area contributed by atoms with Crippen molar-refractivity contribution in [2.24, 2.45) is 0 Å². The Morgan fingerprint density at radius 3 is 3.00 bits per heavy atom. The third kappa shape index (κ3) is 2.44. The summed E-state index contributed by atoms with van der Waals surface area (Å²) in [7, 11) is 0. The largest absolute Gasteiger partial charge is 0.335 e. The Kier molecular flexibility index (Phi) is 3.79. The van der Waals surface area contributed by atoms with E-state index in [0.717, 1.165) is 32.2 Å². The van der Waals surface area contributed by atoms with Crippen LogP contribution < -0.4 is 5.56 Å². The monoisotopic (exact) mass is 249 g/mol. The smallest absolute Gasteiger partial charge is 0.263 e. The minimum Gasteiger partial charge on any atom is -0.335 e. The maximum absolute atomic E-state index is 12.4. The highest BCUT2D eigenvalue weighted by Gasteiger charge is 2.27. The molecule has 0 aliphatic carbocycles. The molecule has 1 unspecified atom stereocenters. The molecule has 0 saturated carbocycles. The standard InChI is InChI=1S/C13H19N3O2/c1-3-10-6-4-5-7-16(10)13(18)11-8-14-9(2)15-12(11)17/h8,10H,3-7H2,1-2H3,(H,14,15,17). The maximum atomic E-state index is 12.4. The summed E-state index contributed by atoms with van der Waals surface area (Å²) in [5.74, 6) is 0.345. The molecule has 18 heavy (non-hydrogen) atoms. The van der Waals surface area contributed by atoms with Gasteiger partial charge >= 0.3 is 0 Å². The van der Waals surface area contributed by atoms with Crippen LogP contribution in [-0.4, -0.2) is 33.4 Å². The topological polar surface area (TPSA) is 66.1 Å². The molecule has 0 radical (unpaired) electrons. The number of likely N-dealkylation sites (tertiary alicyclic amines) is 1. The number of rotatable bonds is 2. The summed E-state index contributed by atoms with van der Waals surface area (Å²) >= 11 is 0. The van der Waals surface area contributed by atoms with Gasteiger partial charge in [-0.25, -0.2) is 4.98 Å². The molecule has 1 aliphatic heterocycles. The summed E-state index contributed by atoms with van der Waals surface area (Å²) in [6.07, 6.45) is 5.52. The van der Waals surface area contributed by atoms with Gasteiger partial charge in [0.25, 0.3) is 11.5 Å². The first kappa shape index (κ1) is 12.8. The van der Waals surface area contributed by atoms with Crippen molar-refractivity contribution >= 4 is 5.91 Å². The molecule has 0 bridgehead atoms. The molecule has 0 aromatic carbocycles. The van der Waals surface area contributed by atoms with Gasteiger partial charge in [-0.1, -0.05) is 6.92 Å². The van der Waals surface area contributed by atoms with Gasteiger partial charge in [-0.2, -0.15) is 0 Å². The Morgan fingerprint density at radius 1 is 1.56 bits per heavy atom. The highest BCUT2D eigenvalue weighted by Crippen LogP contribution is 2.20. The number of aromatic amines is 1. The summed E-state index contributed by atoms with van der Waals surface area (Å²) in [6.45, 7) is 4.52. The lowest BCUT2D eigenvalue weighted by molar-refractivity contribution is 0.0605. The zero-order chi connectivity index (χ0) is 13.1. The van der Waals surface area contributed by atoms with Crippen LogP contribution in [0.4, 0.5) is 0 Å². The van der Waals surface area contributed by atoms with E-state index in [0.29, 0.717) is 5.82 Å². The van der Waals surface area contributed by atoms with Gasteiger partial charge < -0.3 is 9.88 Å². The van der Waals surface area contributed by atoms with Crippen molar-refractivity contribution in [1.29, 1.82) is 0 Å². The molecule has 1 fully saturated rings. The molecule has 2 rings (SSSR count). The van der Waals surface area contributed by atoms with Crippen molar-refractivity contribution in [2.45, 2.75) is 45.6 Å². The zero-order valence-electron chi connectivity index (χ0n) is 10.9. The lowest BCUT2D eigenvalue weighted by Gasteiger charge is -2.35. The van der Waals surface area contributed by atoms with Crippen LogP contribution in [-0.2, 0) is 0 Å². The molecule has 1 aromatic heterocycles. The molecule has 5 heteroatoms. The van der Waals surface area contributed by atoms with E-state index in [1.54, 1.807) is 6.92 Å². The second kappa shape index (κ2) is 5.33. The number of nitrogens with zero attached hydrogens (tertiary/aromatic N) is 2. The molecule has 1 saturated heterocycles. The summed E-state index contributed by atoms with van der Waals surface area (Å²) < 4.78 is 0. The van der Waals surface area contributed by atoms with Gasteiger partial charge in [0.2, 0.25) is 0 Å². The van der Waals surface area contributed by atoms with Gasteiger partial charge in [-0.05, 0) is 32.6 Å². The number of aryl methyl sites for hydroxylation is 1. The van der Waals surface area contributed by atoms with Gasteiger partial charge in [0.05, 0.1) is 0 Å². The lowest BCUT2D eigenvalue weighted by Crippen LogP contribution is -2.45. The first-order chi connectivity index (χ1) is 8.63. The molecule has 1 amide bonds. The number of piperidine rings is 1. The fourth-order valence-electron chi connectivity index (χ4n) is 2.48. The Bertz CT molecular complexity index is 495. The summed E-state index contributed by atoms with van der Waals surface area (Å²) in [6, 6.07) is 0.256. The van der Waals surface area contributed by atoms with Crippen LogP contribution in [0.3, 0.4) is 0 Å². The SMILES string of the molecule is CCC1CCCCN1C(=O)c1cnc(C)[nH]c1=O. The lowest BCUT2D eigenvalue weighted by atomic mass is 9.99. The summed E-state index contributed by atoms with van der Waals surface area (Å²) in [5.41, 5.74) is -0.186. The van der Waals surface area contributed by atoms with Crippen molar-refractivity contribution in [3.63, 3.8) is 0 Å². The Balaban J connectivity index is 2.27. The van der Waals surface area contributed by atoms with E-state index in [1.165, 1.54) is 6.20 Å². The van der Waals surface area contributed by atoms with Crippen molar-refractivity contribution in [1.82, 2.24) is 14.9 Å². The van der Waals surface area contributed by atoms with Gasteiger partial charge in [0.1, 0.15) is 11.4 Å². The molecule has 1 aromatic rings. The number of amides is 1. The maximum Gasteiger partial charge on any atom is 0.263 e. The average Bonchev–Trinajstić information content (AvgIpc) is 2.38. The van der Waals surface area contributed by atoms with Gasteiger partial charge in [0, 0.05) is 18.8 Å². The average molecular weight is 249 g/mol. The third-order valence-corrected chi connectivity index (χ3v) is 3.52. The third-order valence-electron chi connectivity index (χ3n) is 3.52. The van der Waals surface area contributed by atoms with Crippen LogP contribution in [0.15, 0.2) is 11.0 Å². The molecule has 2 heterocycles. The van der Waals surface area contributed by atoms with E-state index in [2.05, 4.69) is 16.9 Å². The Morgan fingerprint density at radius 2 is 2.33 bits per heavy atom. The first-order valence-electron chi connectivity index (χ1n) is 6.50. The first-order valence-corrected chi connectivity index (χ1v) is 6.50. The molecule has 98 valence electrons. The van der Waals surface area contributed by atoms with E-state index >= 15 is 0 Å². The fourth-order valence-corrected chi connectivity index (χ4v) is 2.48. The Hall–Kier alpha value is -1.65. The van der Waals surface area contributed by atoms with E-state index in [9.17, 15) is 9.59 Å². The fraction of sp³-hybridized carbons (Fsp3) is 0.615. The van der Waals surface area contributed by atoms with Crippen LogP contribution in [0.2, 0.25) is 0 Å². The number of hydrogen-bond donors (Lipinski definition) is 1. The molecular formula is C13H19N3O2. The normalized spacial score (nSPS) is 19.9. The van der Waals surface area contributed by atoms with Crippen molar-refractivity contribution in [2.75, 3.05) is 6.54 Å². The van der Waals surface area contributed by atoms with Gasteiger partial charge in [-0.3, -0.25) is 9.59 Å². The van der Waals surface area contributed by atoms with Crippen molar-refractivity contribution < 1.29 is 4.79 Å². The van der Waals surface area contributed by atoms with Gasteiger partial charge in [-0.15, -0.1) is 0 Å². The summed E-state index contributed by atoms with van der Waals surface area (Å²) in [5, 5.41) is 0. The van der Waals surface area contributed by atoms with Crippen LogP contribution >= 0.6 is 0 Å². The van der Waals surface area contributed by atoms with Crippen LogP contribution in [0.5, 0.6) is 0 Å². The molecule has 1 aliphatic rings. The second-order valence-electron chi connectivity index (χ2n) is 4.77. The summed E-state index contributed by atoms with van der Waals surface area (Å²) in [4.78, 5) is 32.5. The number of nitrogens with one attached hydrogen (secondary N) is 1. The number of carbonyl (C=O) groups excluding carboxylic acids is 1. The van der Waals surface area contributed by atoms with Crippen LogP contribution in [0.1, 0.15) is 48.8 Å². The number of hydrogen-bond acceptors (Lipinski definition) is 3. The number of aromatic nitrogens is 2. The van der Waals surface area contributed by atoms with Crippen molar-refractivity contribution in [3.8, 4) is 0 Å². The number of H-pyrrole nitrogens is 1. The van der Waals surface area contributed by atoms with Gasteiger partial charge in [0.15, 0.2) is 0 Å². The van der Waals surface area contributed by atoms with E-state index in [1.807, 2.05) is 4.90 Å². The van der Waals surface area contributed by atoms with Crippen LogP contribution in [0, 0.1) is 6.92 Å². The quantitative estimate of drug-likeness (QED) is 0.863. The molecule has 1 N–H and O–H groups in total. The van der Waals surface area contributed by atoms with E-state index in [4.69, 9.17) is 0 Å². The van der Waals surface area contributed by atoms with Crippen molar-refractivity contribution in [3.05, 3.63) is 27.9 Å². The van der Waals surface area contributed by atoms with E-state index in [-0.39, 0.29) is 23.1 Å². The predicted molar refractivity (Wildman–Crippen MR) is 68.6 cm³/mol. The zero-order valence-corrected chi connectivity index (χ0v) is 10.9. The highest BCUT2D eigenvalue weighted by molar-refractivity contribution is 5.93. The predicted octanol–water partition coefficient (Wildman–Crippen LogP) is 1.48. The minimum atomic E-state index is -0.340. The van der Waals surface area contributed by atoms with E-state index < -0.39 is 0 Å².